The number of phenolic OH excluding ortho intramolecular Hbond substituents is 1. The number of benzene rings is 3. The topological polar surface area (TPSA) is 190 Å². The van der Waals surface area contributed by atoms with Crippen molar-refractivity contribution in [1.82, 2.24) is 39.7 Å². The van der Waals surface area contributed by atoms with E-state index >= 15 is 0 Å². The highest BCUT2D eigenvalue weighted by Crippen LogP contribution is 2.44. The van der Waals surface area contributed by atoms with Crippen LogP contribution >= 0.6 is 0 Å². The van der Waals surface area contributed by atoms with Crippen LogP contribution in [-0.4, -0.2) is 129 Å². The number of aromatic nitrogens is 3. The van der Waals surface area contributed by atoms with E-state index in [4.69, 9.17) is 19.2 Å². The lowest BCUT2D eigenvalue weighted by molar-refractivity contribution is -0.155. The molecule has 3 N–H and O–H groups in total. The molecule has 0 spiro atoms. The number of ether oxygens (including phenoxy) is 3. The Hall–Kier alpha value is -7.18. The number of fused-ring (bicyclic) bond motifs is 7. The van der Waals surface area contributed by atoms with Crippen LogP contribution in [-0.2, 0) is 72.8 Å². The Morgan fingerprint density at radius 2 is 1.73 bits per heavy atom. The van der Waals surface area contributed by atoms with Crippen molar-refractivity contribution in [3.05, 3.63) is 129 Å². The second kappa shape index (κ2) is 23.4. The van der Waals surface area contributed by atoms with Crippen LogP contribution in [0.3, 0.4) is 0 Å². The second-order valence-corrected chi connectivity index (χ2v) is 23.9. The summed E-state index contributed by atoms with van der Waals surface area (Å²) >= 11 is 0. The van der Waals surface area contributed by atoms with E-state index < -0.39 is 53.5 Å². The van der Waals surface area contributed by atoms with Crippen molar-refractivity contribution >= 4 is 34.6 Å². The third-order valence-electron chi connectivity index (χ3n) is 17.1. The van der Waals surface area contributed by atoms with E-state index in [1.807, 2.05) is 76.3 Å². The lowest BCUT2D eigenvalue weighted by Gasteiger charge is -2.37. The molecule has 4 aliphatic heterocycles. The number of likely N-dealkylation sites (N-methyl/N-ethyl adjacent to an activating group) is 2. The molecule has 3 aromatic carbocycles. The fourth-order valence-electron chi connectivity index (χ4n) is 12.8. The van der Waals surface area contributed by atoms with E-state index in [1.54, 1.807) is 37.1 Å². The van der Waals surface area contributed by atoms with E-state index in [2.05, 4.69) is 66.2 Å². The van der Waals surface area contributed by atoms with Crippen molar-refractivity contribution in [2.45, 2.75) is 129 Å². The fourth-order valence-corrected chi connectivity index (χ4v) is 12.8. The van der Waals surface area contributed by atoms with Gasteiger partial charge in [-0.05, 0) is 122 Å². The fraction of sp³-hybridized carbons (Fsp3) is 0.469. The minimum atomic E-state index is -1.19. The van der Waals surface area contributed by atoms with Gasteiger partial charge in [-0.15, -0.1) is 0 Å². The summed E-state index contributed by atoms with van der Waals surface area (Å²) in [7, 11) is 7.21. The number of cyclic esters (lactones) is 1. The molecule has 17 nitrogen and oxygen atoms in total. The summed E-state index contributed by atoms with van der Waals surface area (Å²) in [5, 5.41) is 17.0. The van der Waals surface area contributed by atoms with Gasteiger partial charge in [-0.25, -0.2) is 5.43 Å². The summed E-state index contributed by atoms with van der Waals surface area (Å²) in [5.41, 5.74) is 13.2. The Labute approximate surface area is 474 Å². The number of methoxy groups -OCH3 is 1. The van der Waals surface area contributed by atoms with Gasteiger partial charge in [-0.2, -0.15) is 0 Å². The number of rotatable bonds is 11. The molecular formula is C64H78N8O9. The van der Waals surface area contributed by atoms with Gasteiger partial charge in [-0.1, -0.05) is 70.2 Å². The van der Waals surface area contributed by atoms with Crippen molar-refractivity contribution in [2.24, 2.45) is 18.4 Å². The first-order valence-corrected chi connectivity index (χ1v) is 28.7. The van der Waals surface area contributed by atoms with E-state index in [-0.39, 0.29) is 48.6 Å². The summed E-state index contributed by atoms with van der Waals surface area (Å²) in [6.07, 6.45) is 3.32. The molecule has 10 rings (SSSR count). The molecule has 6 aromatic rings. The van der Waals surface area contributed by atoms with Gasteiger partial charge in [0.15, 0.2) is 0 Å². The van der Waals surface area contributed by atoms with Crippen molar-refractivity contribution in [3.8, 4) is 39.3 Å². The SMILES string of the molecule is CCn1c(-c2cc(-c3cc4c(n(C)c3=O)CCN(C)C4)cnc2[C@H](C)OC)c2c3cc(ccc31)-c1cc(O)cc(c1)C[C@H](NC(=O)[C@H](C(C)C)N(C)C(=O)[C@@H]1OCC[C@@H]1c1ccccc1)C(=O)N1CCC[C@H](N1)C(=O)OCC(C)(C)C2. The predicted molar refractivity (Wildman–Crippen MR) is 311 cm³/mol. The van der Waals surface area contributed by atoms with Gasteiger partial charge in [0.25, 0.3) is 17.4 Å². The number of aryl methyl sites for hydroxylation is 1. The zero-order valence-corrected chi connectivity index (χ0v) is 48.5. The van der Waals surface area contributed by atoms with E-state index in [9.17, 15) is 29.1 Å². The molecular weight excluding hydrogens is 1020 g/mol. The molecule has 0 aliphatic carbocycles. The molecule has 7 heterocycles. The predicted octanol–water partition coefficient (Wildman–Crippen LogP) is 7.86. The Balaban J connectivity index is 1.07. The maximum absolute atomic E-state index is 15.0. The van der Waals surface area contributed by atoms with Gasteiger partial charge >= 0.3 is 5.97 Å². The van der Waals surface area contributed by atoms with Crippen molar-refractivity contribution in [1.29, 1.82) is 0 Å². The van der Waals surface area contributed by atoms with Crippen LogP contribution in [0, 0.1) is 11.3 Å². The molecule has 2 saturated heterocycles. The average Bonchev–Trinajstić information content (AvgIpc) is 4.12. The molecule has 0 unspecified atom stereocenters. The smallest absolute Gasteiger partial charge is 0.324 e. The highest BCUT2D eigenvalue weighted by Gasteiger charge is 2.43. The van der Waals surface area contributed by atoms with Gasteiger partial charge in [0.1, 0.15) is 30.0 Å². The molecule has 428 valence electrons. The maximum atomic E-state index is 15.0. The van der Waals surface area contributed by atoms with Gasteiger partial charge in [0.2, 0.25) is 5.91 Å². The molecule has 6 bridgehead atoms. The van der Waals surface area contributed by atoms with Crippen molar-refractivity contribution in [3.63, 3.8) is 0 Å². The van der Waals surface area contributed by atoms with E-state index in [1.165, 1.54) is 9.91 Å². The highest BCUT2D eigenvalue weighted by atomic mass is 16.5. The number of carbonyl (C=O) groups excluding carboxylic acids is 4. The normalized spacial score (nSPS) is 21.3. The third kappa shape index (κ3) is 11.4. The Morgan fingerprint density at radius 1 is 0.951 bits per heavy atom. The van der Waals surface area contributed by atoms with Crippen LogP contribution in [0.4, 0.5) is 0 Å². The van der Waals surface area contributed by atoms with Crippen molar-refractivity contribution < 1.29 is 38.5 Å². The van der Waals surface area contributed by atoms with Gasteiger partial charge in [-0.3, -0.25) is 34.0 Å². The van der Waals surface area contributed by atoms with Crippen LogP contribution in [0.15, 0.2) is 89.9 Å². The van der Waals surface area contributed by atoms with Gasteiger partial charge < -0.3 is 43.6 Å². The summed E-state index contributed by atoms with van der Waals surface area (Å²) < 4.78 is 22.4. The monoisotopic (exact) mass is 1100 g/mol. The van der Waals surface area contributed by atoms with Crippen molar-refractivity contribution in [2.75, 3.05) is 47.5 Å². The number of hydrazine groups is 1. The molecule has 0 saturated carbocycles. The van der Waals surface area contributed by atoms with E-state index in [0.29, 0.717) is 66.8 Å². The summed E-state index contributed by atoms with van der Waals surface area (Å²) in [6, 6.07) is 22.3. The number of pyridine rings is 2. The number of nitrogens with one attached hydrogen (secondary N) is 2. The largest absolute Gasteiger partial charge is 0.508 e. The molecule has 3 aromatic heterocycles. The summed E-state index contributed by atoms with van der Waals surface area (Å²) in [6.45, 7) is 14.8. The first kappa shape index (κ1) is 57.1. The van der Waals surface area contributed by atoms with Crippen LogP contribution < -0.4 is 16.3 Å². The Bertz CT molecular complexity index is 3440. The lowest BCUT2D eigenvalue weighted by atomic mass is 9.83. The molecule has 3 amide bonds. The summed E-state index contributed by atoms with van der Waals surface area (Å²) in [5.74, 6) is -2.42. The highest BCUT2D eigenvalue weighted by molar-refractivity contribution is 5.97. The molecule has 2 fully saturated rings. The molecule has 81 heavy (non-hydrogen) atoms. The maximum Gasteiger partial charge on any atom is 0.324 e. The Kier molecular flexibility index (Phi) is 16.5. The standard InChI is InChI=1S/C64H78N8O9/c1-11-71-54-20-19-41-30-48(54)50(57(71)49-31-43(34-65-55(49)38(4)79-10)47-32-44-35-68(7)24-21-53(44)69(8)60(47)75)33-64(5,6)36-81-63(78)51-18-15-23-72(67-51)61(76)52(28-39-26-42(41)29-45(73)27-39)66-59(74)56(37(2)3)70(9)62(77)58-46(22-25-80-58)40-16-13-12-14-17-40/h12-14,16-17,19-20,26-27,29-32,34,37-38,46,51-52,56,58,67,73H,11,15,18,21-25,28,33,35-36H2,1-10H3,(H,66,74)/t38-,46+,51-,52-,56-,58+/m0/s1. The number of hydrogen-bond donors (Lipinski definition) is 3. The Morgan fingerprint density at radius 3 is 2.47 bits per heavy atom. The number of aromatic hydroxyl groups is 1. The summed E-state index contributed by atoms with van der Waals surface area (Å²) in [4.78, 5) is 81.6. The van der Waals surface area contributed by atoms with Crippen LogP contribution in [0.1, 0.15) is 106 Å². The first-order chi connectivity index (χ1) is 38.7. The first-order valence-electron chi connectivity index (χ1n) is 28.7. The zero-order chi connectivity index (χ0) is 57.6. The number of hydrogen-bond acceptors (Lipinski definition) is 12. The molecule has 0 radical (unpaired) electrons. The minimum Gasteiger partial charge on any atom is -0.508 e. The van der Waals surface area contributed by atoms with Gasteiger partial charge in [0.05, 0.1) is 24.1 Å². The quantitative estimate of drug-likeness (QED) is 0.107. The third-order valence-corrected chi connectivity index (χ3v) is 17.1. The van der Waals surface area contributed by atoms with Crippen LogP contribution in [0.5, 0.6) is 5.75 Å². The molecule has 17 heteroatoms. The number of nitrogens with zero attached hydrogens (tertiary/aromatic N) is 6. The zero-order valence-electron chi connectivity index (χ0n) is 48.5. The molecule has 4 aliphatic rings. The second-order valence-electron chi connectivity index (χ2n) is 23.9. The van der Waals surface area contributed by atoms with E-state index in [0.717, 1.165) is 69.6 Å². The lowest BCUT2D eigenvalue weighted by Crippen LogP contribution is -2.62. The number of amides is 3. The van der Waals surface area contributed by atoms with Gasteiger partial charge in [0, 0.05) is 118 Å². The number of esters is 1. The minimum absolute atomic E-state index is 0.0300. The number of phenols is 1. The molecule has 6 atom stereocenters. The number of carbonyl (C=O) groups is 4. The average molecular weight is 1100 g/mol. The van der Waals surface area contributed by atoms with Crippen LogP contribution in [0.25, 0.3) is 44.4 Å². The van der Waals surface area contributed by atoms with Crippen LogP contribution in [0.2, 0.25) is 0 Å².